The average molecular weight is 281 g/mol. The summed E-state index contributed by atoms with van der Waals surface area (Å²) in [6.45, 7) is 8.53. The van der Waals surface area contributed by atoms with Crippen molar-refractivity contribution in [2.75, 3.05) is 19.6 Å². The molecule has 20 heavy (non-hydrogen) atoms. The number of rotatable bonds is 7. The molecule has 2 aliphatic rings. The van der Waals surface area contributed by atoms with E-state index in [9.17, 15) is 0 Å². The Morgan fingerprint density at radius 3 is 2.50 bits per heavy atom. The Bertz CT molecular complexity index is 248. The van der Waals surface area contributed by atoms with Gasteiger partial charge in [0.1, 0.15) is 0 Å². The molecule has 0 aromatic heterocycles. The first-order valence-corrected chi connectivity index (χ1v) is 9.32. The summed E-state index contributed by atoms with van der Waals surface area (Å²) in [5.74, 6) is 0.973. The number of nitrogens with one attached hydrogen (secondary N) is 1. The second-order valence-corrected chi connectivity index (χ2v) is 7.06. The predicted molar refractivity (Wildman–Crippen MR) is 88.2 cm³/mol. The van der Waals surface area contributed by atoms with E-state index in [-0.39, 0.29) is 0 Å². The van der Waals surface area contributed by atoms with Crippen LogP contribution in [0.5, 0.6) is 0 Å². The largest absolute Gasteiger partial charge is 0.311 e. The Hall–Kier alpha value is -0.0800. The lowest BCUT2D eigenvalue weighted by Gasteiger charge is -2.45. The molecule has 1 heterocycles. The molecule has 1 N–H and O–H groups in total. The minimum absolute atomic E-state index is 0.751. The Kier molecular flexibility index (Phi) is 7.37. The third-order valence-corrected chi connectivity index (χ3v) is 5.42. The van der Waals surface area contributed by atoms with E-state index >= 15 is 0 Å². The minimum Gasteiger partial charge on any atom is -0.311 e. The summed E-state index contributed by atoms with van der Waals surface area (Å²) >= 11 is 0. The first-order chi connectivity index (χ1) is 9.85. The first-order valence-electron chi connectivity index (χ1n) is 9.32. The Morgan fingerprint density at radius 2 is 1.80 bits per heavy atom. The van der Waals surface area contributed by atoms with Crippen molar-refractivity contribution < 1.29 is 0 Å². The molecule has 0 radical (unpaired) electrons. The molecule has 2 heteroatoms. The Labute approximate surface area is 126 Å². The van der Waals surface area contributed by atoms with E-state index in [0.29, 0.717) is 0 Å². The van der Waals surface area contributed by atoms with E-state index in [0.717, 1.165) is 18.0 Å². The molecule has 0 aromatic carbocycles. The summed E-state index contributed by atoms with van der Waals surface area (Å²) in [5, 5.41) is 3.85. The average Bonchev–Trinajstić information content (AvgIpc) is 2.49. The van der Waals surface area contributed by atoms with Crippen molar-refractivity contribution in [3.8, 4) is 0 Å². The van der Waals surface area contributed by atoms with Crippen LogP contribution in [0.1, 0.15) is 78.1 Å². The molecule has 0 spiro atoms. The molecule has 118 valence electrons. The molecule has 0 amide bonds. The quantitative estimate of drug-likeness (QED) is 0.703. The van der Waals surface area contributed by atoms with E-state index in [1.54, 1.807) is 0 Å². The highest BCUT2D eigenvalue weighted by atomic mass is 15.2. The maximum Gasteiger partial charge on any atom is 0.0249 e. The predicted octanol–water partition coefficient (Wildman–Crippen LogP) is 4.20. The van der Waals surface area contributed by atoms with Crippen molar-refractivity contribution >= 4 is 0 Å². The van der Waals surface area contributed by atoms with Crippen LogP contribution in [0.15, 0.2) is 0 Å². The van der Waals surface area contributed by atoms with Crippen molar-refractivity contribution in [1.29, 1.82) is 0 Å². The first kappa shape index (κ1) is 16.3. The molecule has 1 saturated heterocycles. The number of piperazine rings is 1. The van der Waals surface area contributed by atoms with Crippen LogP contribution in [-0.4, -0.2) is 36.6 Å². The summed E-state index contributed by atoms with van der Waals surface area (Å²) in [7, 11) is 0. The zero-order valence-corrected chi connectivity index (χ0v) is 13.9. The van der Waals surface area contributed by atoms with Gasteiger partial charge < -0.3 is 5.32 Å². The SMILES string of the molecule is CCCCCN1CC(CCC)NCC1C1CCCCC1. The van der Waals surface area contributed by atoms with Crippen molar-refractivity contribution in [1.82, 2.24) is 10.2 Å². The molecule has 0 bridgehead atoms. The molecule has 2 atom stereocenters. The highest BCUT2D eigenvalue weighted by Gasteiger charge is 2.33. The van der Waals surface area contributed by atoms with Crippen LogP contribution in [0.25, 0.3) is 0 Å². The van der Waals surface area contributed by atoms with Gasteiger partial charge in [-0.1, -0.05) is 52.4 Å². The fraction of sp³-hybridized carbons (Fsp3) is 1.00. The lowest BCUT2D eigenvalue weighted by atomic mass is 9.82. The monoisotopic (exact) mass is 280 g/mol. The van der Waals surface area contributed by atoms with E-state index in [1.165, 1.54) is 83.8 Å². The number of nitrogens with zero attached hydrogens (tertiary/aromatic N) is 1. The van der Waals surface area contributed by atoms with Gasteiger partial charge in [-0.15, -0.1) is 0 Å². The lowest BCUT2D eigenvalue weighted by molar-refractivity contribution is 0.0683. The topological polar surface area (TPSA) is 15.3 Å². The van der Waals surface area contributed by atoms with E-state index in [1.807, 2.05) is 0 Å². The summed E-state index contributed by atoms with van der Waals surface area (Å²) in [4.78, 5) is 2.86. The van der Waals surface area contributed by atoms with Gasteiger partial charge in [0.05, 0.1) is 0 Å². The second kappa shape index (κ2) is 9.04. The van der Waals surface area contributed by atoms with Gasteiger partial charge in [0.2, 0.25) is 0 Å². The molecule has 2 rings (SSSR count). The van der Waals surface area contributed by atoms with Gasteiger partial charge in [0.25, 0.3) is 0 Å². The van der Waals surface area contributed by atoms with E-state index in [2.05, 4.69) is 24.1 Å². The van der Waals surface area contributed by atoms with Crippen molar-refractivity contribution in [3.05, 3.63) is 0 Å². The van der Waals surface area contributed by atoms with Crippen LogP contribution < -0.4 is 5.32 Å². The van der Waals surface area contributed by atoms with Crippen LogP contribution >= 0.6 is 0 Å². The van der Waals surface area contributed by atoms with Crippen LogP contribution in [-0.2, 0) is 0 Å². The van der Waals surface area contributed by atoms with Gasteiger partial charge in [-0.2, -0.15) is 0 Å². The summed E-state index contributed by atoms with van der Waals surface area (Å²) in [6, 6.07) is 1.58. The Morgan fingerprint density at radius 1 is 1.00 bits per heavy atom. The van der Waals surface area contributed by atoms with Crippen molar-refractivity contribution in [3.63, 3.8) is 0 Å². The van der Waals surface area contributed by atoms with Crippen LogP contribution in [0, 0.1) is 5.92 Å². The fourth-order valence-electron chi connectivity index (χ4n) is 4.25. The lowest BCUT2D eigenvalue weighted by Crippen LogP contribution is -2.59. The van der Waals surface area contributed by atoms with Gasteiger partial charge in [-0.3, -0.25) is 4.90 Å². The van der Waals surface area contributed by atoms with E-state index < -0.39 is 0 Å². The van der Waals surface area contributed by atoms with E-state index in [4.69, 9.17) is 0 Å². The zero-order valence-electron chi connectivity index (χ0n) is 13.9. The van der Waals surface area contributed by atoms with Crippen LogP contribution in [0.2, 0.25) is 0 Å². The molecule has 1 aliphatic carbocycles. The molecule has 2 fully saturated rings. The molecule has 2 unspecified atom stereocenters. The molecule has 0 aromatic rings. The molecule has 2 nitrogen and oxygen atoms in total. The normalized spacial score (nSPS) is 29.7. The van der Waals surface area contributed by atoms with Gasteiger partial charge in [-0.05, 0) is 38.1 Å². The number of unbranched alkanes of at least 4 members (excludes halogenated alkanes) is 2. The third-order valence-electron chi connectivity index (χ3n) is 5.42. The zero-order chi connectivity index (χ0) is 14.2. The maximum absolute atomic E-state index is 3.85. The number of hydrogen-bond donors (Lipinski definition) is 1. The third kappa shape index (κ3) is 4.73. The smallest absolute Gasteiger partial charge is 0.0249 e. The maximum atomic E-state index is 3.85. The van der Waals surface area contributed by atoms with Gasteiger partial charge in [-0.25, -0.2) is 0 Å². The van der Waals surface area contributed by atoms with Crippen molar-refractivity contribution in [2.24, 2.45) is 5.92 Å². The standard InChI is InChI=1S/C18H36N2/c1-3-5-9-13-20-15-17(10-4-2)19-14-18(20)16-11-7-6-8-12-16/h16-19H,3-15H2,1-2H3. The summed E-state index contributed by atoms with van der Waals surface area (Å²) in [6.07, 6.45) is 14.2. The fourth-order valence-corrected chi connectivity index (χ4v) is 4.25. The Balaban J connectivity index is 1.89. The second-order valence-electron chi connectivity index (χ2n) is 7.06. The summed E-state index contributed by atoms with van der Waals surface area (Å²) in [5.41, 5.74) is 0. The molecular formula is C18H36N2. The highest BCUT2D eigenvalue weighted by molar-refractivity contribution is 4.90. The van der Waals surface area contributed by atoms with Gasteiger partial charge in [0, 0.05) is 25.2 Å². The minimum atomic E-state index is 0.751. The molecule has 1 aliphatic heterocycles. The highest BCUT2D eigenvalue weighted by Crippen LogP contribution is 2.30. The van der Waals surface area contributed by atoms with Crippen molar-refractivity contribution in [2.45, 2.75) is 90.1 Å². The van der Waals surface area contributed by atoms with Gasteiger partial charge in [0.15, 0.2) is 0 Å². The molecule has 1 saturated carbocycles. The number of hydrogen-bond acceptors (Lipinski definition) is 2. The van der Waals surface area contributed by atoms with Crippen LogP contribution in [0.3, 0.4) is 0 Å². The van der Waals surface area contributed by atoms with Crippen LogP contribution in [0.4, 0.5) is 0 Å². The summed E-state index contributed by atoms with van der Waals surface area (Å²) < 4.78 is 0. The molecular weight excluding hydrogens is 244 g/mol. The van der Waals surface area contributed by atoms with Gasteiger partial charge >= 0.3 is 0 Å².